The van der Waals surface area contributed by atoms with E-state index in [0.717, 1.165) is 6.08 Å². The van der Waals surface area contributed by atoms with Gasteiger partial charge in [0, 0.05) is 32.4 Å². The fraction of sp³-hybridized carbons (Fsp3) is 0.727. The van der Waals surface area contributed by atoms with Gasteiger partial charge in [0.2, 0.25) is 0 Å². The number of hydrogen-bond donors (Lipinski definition) is 0. The Bertz CT molecular complexity index is 238. The first-order chi connectivity index (χ1) is 7.99. The molecule has 0 fully saturated rings. The van der Waals surface area contributed by atoms with Crippen LogP contribution in [-0.2, 0) is 22.8 Å². The Kier molecular flexibility index (Phi) is 8.06. The minimum absolute atomic E-state index is 0.0392. The molecule has 0 aliphatic rings. The van der Waals surface area contributed by atoms with Gasteiger partial charge in [0.15, 0.2) is 0 Å². The topological polar surface area (TPSA) is 54.0 Å². The fourth-order valence-electron chi connectivity index (χ4n) is 1.32. The van der Waals surface area contributed by atoms with Gasteiger partial charge in [-0.1, -0.05) is 6.58 Å². The van der Waals surface area contributed by atoms with E-state index in [2.05, 4.69) is 6.58 Å². The molecule has 6 heteroatoms. The van der Waals surface area contributed by atoms with Gasteiger partial charge in [0.25, 0.3) is 0 Å². The van der Waals surface area contributed by atoms with Crippen molar-refractivity contribution >= 4 is 14.8 Å². The van der Waals surface area contributed by atoms with E-state index in [1.54, 1.807) is 14.2 Å². The molecule has 0 saturated carbocycles. The summed E-state index contributed by atoms with van der Waals surface area (Å²) in [6, 6.07) is 0.614. The smallest absolute Gasteiger partial charge is 0.463 e. The molecule has 0 saturated heterocycles. The molecule has 0 aliphatic carbocycles. The Labute approximate surface area is 104 Å². The maximum atomic E-state index is 10.8. The summed E-state index contributed by atoms with van der Waals surface area (Å²) in [5.74, 6) is -0.420. The molecule has 0 atom stereocenters. The summed E-state index contributed by atoms with van der Waals surface area (Å²) in [4.78, 5) is 10.8. The van der Waals surface area contributed by atoms with Crippen molar-refractivity contribution in [2.24, 2.45) is 0 Å². The van der Waals surface area contributed by atoms with Crippen molar-refractivity contribution in [3.8, 4) is 0 Å². The molecule has 0 aromatic rings. The van der Waals surface area contributed by atoms with Crippen LogP contribution in [0.15, 0.2) is 12.7 Å². The third-order valence-corrected chi connectivity index (χ3v) is 5.12. The maximum absolute atomic E-state index is 10.8. The van der Waals surface area contributed by atoms with Gasteiger partial charge in [0.05, 0.1) is 6.61 Å². The van der Waals surface area contributed by atoms with Crippen LogP contribution in [-0.4, -0.2) is 41.7 Å². The molecular weight excluding hydrogens is 240 g/mol. The lowest BCUT2D eigenvalue weighted by Gasteiger charge is -2.28. The molecule has 0 aromatic heterocycles. The van der Waals surface area contributed by atoms with Crippen LogP contribution in [0.4, 0.5) is 0 Å². The number of ether oxygens (including phenoxy) is 1. The average molecular weight is 262 g/mol. The van der Waals surface area contributed by atoms with Crippen LogP contribution in [0.3, 0.4) is 0 Å². The Morgan fingerprint density at radius 1 is 1.35 bits per heavy atom. The van der Waals surface area contributed by atoms with E-state index in [-0.39, 0.29) is 6.10 Å². The van der Waals surface area contributed by atoms with Crippen LogP contribution in [0.1, 0.15) is 20.3 Å². The Morgan fingerprint density at radius 3 is 2.35 bits per heavy atom. The molecule has 5 nitrogen and oxygen atoms in total. The van der Waals surface area contributed by atoms with Crippen LogP contribution in [0, 0.1) is 0 Å². The highest BCUT2D eigenvalue weighted by Gasteiger charge is 2.39. The second kappa shape index (κ2) is 8.41. The maximum Gasteiger partial charge on any atom is 0.500 e. The molecule has 0 N–H and O–H groups in total. The van der Waals surface area contributed by atoms with Crippen LogP contribution in [0.25, 0.3) is 0 Å². The monoisotopic (exact) mass is 262 g/mol. The molecule has 0 aromatic carbocycles. The predicted octanol–water partition coefficient (Wildman–Crippen LogP) is 1.76. The summed E-state index contributed by atoms with van der Waals surface area (Å²) in [6.45, 7) is 7.49. The zero-order chi connectivity index (χ0) is 13.3. The highest BCUT2D eigenvalue weighted by molar-refractivity contribution is 6.60. The average Bonchev–Trinajstić information content (AvgIpc) is 2.32. The summed E-state index contributed by atoms with van der Waals surface area (Å²) in [7, 11) is 0.549. The third-order valence-electron chi connectivity index (χ3n) is 2.08. The third kappa shape index (κ3) is 6.57. The normalized spacial score (nSPS) is 11.6. The van der Waals surface area contributed by atoms with Crippen molar-refractivity contribution in [2.45, 2.75) is 32.4 Å². The Morgan fingerprint density at radius 2 is 1.94 bits per heavy atom. The minimum atomic E-state index is -2.61. The van der Waals surface area contributed by atoms with Crippen molar-refractivity contribution in [3.63, 3.8) is 0 Å². The first kappa shape index (κ1) is 16.3. The van der Waals surface area contributed by atoms with E-state index >= 15 is 0 Å². The van der Waals surface area contributed by atoms with Crippen molar-refractivity contribution < 1.29 is 22.8 Å². The van der Waals surface area contributed by atoms with Gasteiger partial charge >= 0.3 is 14.8 Å². The summed E-state index contributed by atoms with van der Waals surface area (Å²) in [5.41, 5.74) is 0. The molecule has 0 heterocycles. The van der Waals surface area contributed by atoms with E-state index in [1.807, 2.05) is 13.8 Å². The number of hydrogen-bond acceptors (Lipinski definition) is 5. The number of rotatable bonds is 9. The molecular formula is C11H22O5Si. The van der Waals surface area contributed by atoms with Gasteiger partial charge in [-0.3, -0.25) is 0 Å². The van der Waals surface area contributed by atoms with Gasteiger partial charge < -0.3 is 18.0 Å². The molecule has 100 valence electrons. The predicted molar refractivity (Wildman–Crippen MR) is 66.6 cm³/mol. The van der Waals surface area contributed by atoms with E-state index < -0.39 is 14.8 Å². The lowest BCUT2D eigenvalue weighted by Crippen LogP contribution is -2.45. The van der Waals surface area contributed by atoms with Gasteiger partial charge in [-0.25, -0.2) is 4.79 Å². The lowest BCUT2D eigenvalue weighted by molar-refractivity contribution is -0.137. The summed E-state index contributed by atoms with van der Waals surface area (Å²) < 4.78 is 21.3. The second-order valence-electron chi connectivity index (χ2n) is 3.73. The van der Waals surface area contributed by atoms with Crippen LogP contribution >= 0.6 is 0 Å². The van der Waals surface area contributed by atoms with E-state index in [0.29, 0.717) is 19.1 Å². The summed E-state index contributed by atoms with van der Waals surface area (Å²) in [6.07, 6.45) is 1.82. The highest BCUT2D eigenvalue weighted by atomic mass is 28.4. The number of carbonyl (C=O) groups excluding carboxylic acids is 1. The van der Waals surface area contributed by atoms with Crippen molar-refractivity contribution in [2.75, 3.05) is 20.8 Å². The first-order valence-electron chi connectivity index (χ1n) is 5.57. The molecule has 0 amide bonds. The zero-order valence-corrected chi connectivity index (χ0v) is 12.0. The van der Waals surface area contributed by atoms with Gasteiger partial charge in [-0.05, 0) is 20.3 Å². The SMILES string of the molecule is C=CC(=O)OCCC[Si](OC)(OC)OC(C)C. The molecule has 0 spiro atoms. The van der Waals surface area contributed by atoms with E-state index in [4.69, 9.17) is 18.0 Å². The summed E-state index contributed by atoms with van der Waals surface area (Å²) >= 11 is 0. The standard InChI is InChI=1S/C11H22O5Si/c1-6-11(12)15-8-7-9-17(13-4,14-5)16-10(2)3/h6,10H,1,7-9H2,2-5H3. The van der Waals surface area contributed by atoms with Crippen molar-refractivity contribution in [1.29, 1.82) is 0 Å². The molecule has 0 radical (unpaired) electrons. The summed E-state index contributed by atoms with van der Waals surface area (Å²) in [5, 5.41) is 0. The Hall–Kier alpha value is -0.693. The zero-order valence-electron chi connectivity index (χ0n) is 11.0. The lowest BCUT2D eigenvalue weighted by atomic mass is 10.5. The largest absolute Gasteiger partial charge is 0.500 e. The molecule has 17 heavy (non-hydrogen) atoms. The van der Waals surface area contributed by atoms with Gasteiger partial charge in [-0.15, -0.1) is 0 Å². The van der Waals surface area contributed by atoms with Crippen molar-refractivity contribution in [3.05, 3.63) is 12.7 Å². The van der Waals surface area contributed by atoms with E-state index in [1.165, 1.54) is 0 Å². The van der Waals surface area contributed by atoms with Crippen LogP contribution in [0.5, 0.6) is 0 Å². The first-order valence-corrected chi connectivity index (χ1v) is 7.50. The molecule has 0 unspecified atom stereocenters. The molecule has 0 bridgehead atoms. The number of esters is 1. The van der Waals surface area contributed by atoms with Crippen LogP contribution < -0.4 is 0 Å². The van der Waals surface area contributed by atoms with Gasteiger partial charge in [-0.2, -0.15) is 0 Å². The second-order valence-corrected chi connectivity index (χ2v) is 6.65. The van der Waals surface area contributed by atoms with Crippen LogP contribution in [0.2, 0.25) is 6.04 Å². The highest BCUT2D eigenvalue weighted by Crippen LogP contribution is 2.18. The molecule has 0 rings (SSSR count). The fourth-order valence-corrected chi connectivity index (χ4v) is 3.50. The minimum Gasteiger partial charge on any atom is -0.463 e. The van der Waals surface area contributed by atoms with Gasteiger partial charge in [0.1, 0.15) is 0 Å². The van der Waals surface area contributed by atoms with E-state index in [9.17, 15) is 4.79 Å². The van der Waals surface area contributed by atoms with Crippen molar-refractivity contribution in [1.82, 2.24) is 0 Å². The Balaban J connectivity index is 4.08. The quantitative estimate of drug-likeness (QED) is 0.274. The molecule has 0 aliphatic heterocycles. The number of carbonyl (C=O) groups is 1.